The maximum atomic E-state index is 4.89. The fourth-order valence-corrected chi connectivity index (χ4v) is 3.81. The van der Waals surface area contributed by atoms with Gasteiger partial charge in [0, 0.05) is 36.3 Å². The fraction of sp³-hybridized carbons (Fsp3) is 0.647. The molecule has 2 aliphatic rings. The number of nitrogens with one attached hydrogen (secondary N) is 2. The number of anilines is 1. The smallest absolute Gasteiger partial charge is 0.157 e. The summed E-state index contributed by atoms with van der Waals surface area (Å²) < 4.78 is 2.01. The van der Waals surface area contributed by atoms with Crippen molar-refractivity contribution in [2.45, 2.75) is 57.4 Å². The molecule has 5 nitrogen and oxygen atoms in total. The minimum atomic E-state index is 0.493. The van der Waals surface area contributed by atoms with Gasteiger partial charge in [-0.05, 0) is 32.7 Å². The average molecular weight is 299 g/mol. The zero-order chi connectivity index (χ0) is 14.9. The van der Waals surface area contributed by atoms with Crippen LogP contribution in [0.1, 0.15) is 55.8 Å². The molecular weight excluding hydrogens is 274 g/mol. The molecule has 1 saturated heterocycles. The van der Waals surface area contributed by atoms with Crippen LogP contribution in [0.3, 0.4) is 0 Å². The van der Waals surface area contributed by atoms with E-state index in [0.717, 1.165) is 30.2 Å². The van der Waals surface area contributed by atoms with Crippen LogP contribution in [0.15, 0.2) is 12.1 Å². The molecule has 4 rings (SSSR count). The van der Waals surface area contributed by atoms with E-state index in [1.807, 2.05) is 4.52 Å². The highest BCUT2D eigenvalue weighted by Gasteiger charge is 2.21. The van der Waals surface area contributed by atoms with Gasteiger partial charge >= 0.3 is 0 Å². The number of rotatable bonds is 3. The Morgan fingerprint density at radius 2 is 2.05 bits per heavy atom. The summed E-state index contributed by atoms with van der Waals surface area (Å²) in [5, 5.41) is 11.9. The molecule has 2 fully saturated rings. The van der Waals surface area contributed by atoms with E-state index in [4.69, 9.17) is 5.10 Å². The fourth-order valence-electron chi connectivity index (χ4n) is 3.81. The second kappa shape index (κ2) is 5.88. The number of aryl methyl sites for hydroxylation is 1. The molecule has 0 bridgehead atoms. The zero-order valence-electron chi connectivity index (χ0n) is 13.3. The molecule has 2 aromatic heterocycles. The summed E-state index contributed by atoms with van der Waals surface area (Å²) in [6.07, 6.45) is 7.77. The predicted octanol–water partition coefficient (Wildman–Crippen LogP) is 2.86. The lowest BCUT2D eigenvalue weighted by molar-refractivity contribution is 0.435. The Balaban J connectivity index is 1.67. The van der Waals surface area contributed by atoms with E-state index < -0.39 is 0 Å². The second-order valence-electron chi connectivity index (χ2n) is 6.79. The van der Waals surface area contributed by atoms with Crippen molar-refractivity contribution < 1.29 is 0 Å². The first kappa shape index (κ1) is 14.0. The molecule has 22 heavy (non-hydrogen) atoms. The predicted molar refractivity (Wildman–Crippen MR) is 88.4 cm³/mol. The molecule has 1 unspecified atom stereocenters. The summed E-state index contributed by atoms with van der Waals surface area (Å²) in [6, 6.07) is 4.80. The Hall–Kier alpha value is -1.62. The van der Waals surface area contributed by atoms with Crippen molar-refractivity contribution in [1.82, 2.24) is 19.9 Å². The van der Waals surface area contributed by atoms with Crippen LogP contribution in [0.5, 0.6) is 0 Å². The highest BCUT2D eigenvalue weighted by molar-refractivity contribution is 5.51. The summed E-state index contributed by atoms with van der Waals surface area (Å²) in [6.45, 7) is 4.18. The van der Waals surface area contributed by atoms with Crippen LogP contribution in [0, 0.1) is 6.92 Å². The lowest BCUT2D eigenvalue weighted by Gasteiger charge is -2.19. The van der Waals surface area contributed by atoms with Crippen LogP contribution < -0.4 is 10.6 Å². The first-order valence-corrected chi connectivity index (χ1v) is 8.64. The summed E-state index contributed by atoms with van der Waals surface area (Å²) in [5.74, 6) is 1.70. The standard InChI is InChI=1S/C17H25N5/c1-12-9-16(20-14-7-8-18-11-14)22-17(19-12)10-15(21-22)13-5-3-2-4-6-13/h9-10,13-14,18,20H,2-8,11H2,1H3. The van der Waals surface area contributed by atoms with Gasteiger partial charge in [-0.2, -0.15) is 9.61 Å². The molecule has 0 radical (unpaired) electrons. The Morgan fingerprint density at radius 1 is 1.18 bits per heavy atom. The van der Waals surface area contributed by atoms with Gasteiger partial charge in [0.05, 0.1) is 5.69 Å². The van der Waals surface area contributed by atoms with Gasteiger partial charge in [0.2, 0.25) is 0 Å². The summed E-state index contributed by atoms with van der Waals surface area (Å²) >= 11 is 0. The van der Waals surface area contributed by atoms with Crippen molar-refractivity contribution in [2.75, 3.05) is 18.4 Å². The van der Waals surface area contributed by atoms with Crippen molar-refractivity contribution in [1.29, 1.82) is 0 Å². The van der Waals surface area contributed by atoms with Gasteiger partial charge in [0.25, 0.3) is 0 Å². The SMILES string of the molecule is Cc1cc(NC2CCNC2)n2nc(C3CCCCC3)cc2n1. The Bertz CT molecular complexity index is 650. The van der Waals surface area contributed by atoms with E-state index in [-0.39, 0.29) is 0 Å². The van der Waals surface area contributed by atoms with Crippen molar-refractivity contribution in [3.05, 3.63) is 23.5 Å². The van der Waals surface area contributed by atoms with Crippen LogP contribution in [-0.2, 0) is 0 Å². The van der Waals surface area contributed by atoms with Gasteiger partial charge in [-0.15, -0.1) is 0 Å². The third kappa shape index (κ3) is 2.70. The summed E-state index contributed by atoms with van der Waals surface area (Å²) in [4.78, 5) is 4.67. The van der Waals surface area contributed by atoms with Crippen LogP contribution >= 0.6 is 0 Å². The molecule has 0 spiro atoms. The van der Waals surface area contributed by atoms with Crippen molar-refractivity contribution >= 4 is 11.5 Å². The van der Waals surface area contributed by atoms with Gasteiger partial charge in [0.1, 0.15) is 5.82 Å². The van der Waals surface area contributed by atoms with E-state index in [0.29, 0.717) is 12.0 Å². The van der Waals surface area contributed by atoms with Crippen molar-refractivity contribution in [2.24, 2.45) is 0 Å². The van der Waals surface area contributed by atoms with Crippen LogP contribution in [0.2, 0.25) is 0 Å². The normalized spacial score (nSPS) is 23.2. The number of hydrogen-bond acceptors (Lipinski definition) is 4. The molecule has 2 aromatic rings. The minimum Gasteiger partial charge on any atom is -0.366 e. The van der Waals surface area contributed by atoms with Crippen molar-refractivity contribution in [3.8, 4) is 0 Å². The molecule has 1 aliphatic carbocycles. The minimum absolute atomic E-state index is 0.493. The second-order valence-corrected chi connectivity index (χ2v) is 6.79. The third-order valence-electron chi connectivity index (χ3n) is 5.01. The third-order valence-corrected chi connectivity index (χ3v) is 5.01. The Labute approximate surface area is 131 Å². The Kier molecular flexibility index (Phi) is 3.74. The maximum absolute atomic E-state index is 4.89. The number of fused-ring (bicyclic) bond motifs is 1. The highest BCUT2D eigenvalue weighted by Crippen LogP contribution is 2.32. The molecule has 1 saturated carbocycles. The van der Waals surface area contributed by atoms with Crippen LogP contribution in [0.4, 0.5) is 5.82 Å². The van der Waals surface area contributed by atoms with Gasteiger partial charge < -0.3 is 10.6 Å². The molecule has 118 valence electrons. The van der Waals surface area contributed by atoms with Gasteiger partial charge in [-0.25, -0.2) is 4.98 Å². The molecule has 5 heteroatoms. The molecular formula is C17H25N5. The van der Waals surface area contributed by atoms with E-state index in [1.54, 1.807) is 0 Å². The van der Waals surface area contributed by atoms with Crippen LogP contribution in [0.25, 0.3) is 5.65 Å². The van der Waals surface area contributed by atoms with Gasteiger partial charge in [-0.1, -0.05) is 19.3 Å². The molecule has 1 aliphatic heterocycles. The molecule has 1 atom stereocenters. The molecule has 3 heterocycles. The number of aromatic nitrogens is 3. The van der Waals surface area contributed by atoms with E-state index in [2.05, 4.69) is 34.7 Å². The average Bonchev–Trinajstić information content (AvgIpc) is 3.17. The number of nitrogens with zero attached hydrogens (tertiary/aromatic N) is 3. The zero-order valence-corrected chi connectivity index (χ0v) is 13.3. The van der Waals surface area contributed by atoms with Crippen molar-refractivity contribution in [3.63, 3.8) is 0 Å². The summed E-state index contributed by atoms with van der Waals surface area (Å²) in [5.41, 5.74) is 3.26. The quantitative estimate of drug-likeness (QED) is 0.915. The lowest BCUT2D eigenvalue weighted by Crippen LogP contribution is -2.23. The van der Waals surface area contributed by atoms with E-state index in [9.17, 15) is 0 Å². The monoisotopic (exact) mass is 299 g/mol. The van der Waals surface area contributed by atoms with Gasteiger partial charge in [0.15, 0.2) is 5.65 Å². The highest BCUT2D eigenvalue weighted by atomic mass is 15.3. The van der Waals surface area contributed by atoms with E-state index in [1.165, 1.54) is 44.2 Å². The first-order valence-electron chi connectivity index (χ1n) is 8.64. The topological polar surface area (TPSA) is 54.2 Å². The van der Waals surface area contributed by atoms with Gasteiger partial charge in [-0.3, -0.25) is 0 Å². The lowest BCUT2D eigenvalue weighted by atomic mass is 9.87. The first-order chi connectivity index (χ1) is 10.8. The molecule has 0 amide bonds. The largest absolute Gasteiger partial charge is 0.366 e. The summed E-state index contributed by atoms with van der Waals surface area (Å²) in [7, 11) is 0. The maximum Gasteiger partial charge on any atom is 0.157 e. The van der Waals surface area contributed by atoms with Crippen LogP contribution in [-0.4, -0.2) is 33.7 Å². The number of hydrogen-bond donors (Lipinski definition) is 2. The molecule has 2 N–H and O–H groups in total. The molecule has 0 aromatic carbocycles. The Morgan fingerprint density at radius 3 is 2.82 bits per heavy atom. The van der Waals surface area contributed by atoms with E-state index >= 15 is 0 Å².